The smallest absolute Gasteiger partial charge is 0.356 e. The number of aryl methyl sites for hydroxylation is 2. The third-order valence-corrected chi connectivity index (χ3v) is 6.04. The zero-order valence-electron chi connectivity index (χ0n) is 17.5. The van der Waals surface area contributed by atoms with Gasteiger partial charge in [0.2, 0.25) is 5.60 Å². The first-order valence-electron chi connectivity index (χ1n) is 10.2. The van der Waals surface area contributed by atoms with Gasteiger partial charge >= 0.3 is 5.97 Å². The first-order valence-corrected chi connectivity index (χ1v) is 10.2. The summed E-state index contributed by atoms with van der Waals surface area (Å²) >= 11 is 0. The highest BCUT2D eigenvalue weighted by Gasteiger charge is 2.54. The summed E-state index contributed by atoms with van der Waals surface area (Å²) in [7, 11) is 0. The second-order valence-electron chi connectivity index (χ2n) is 8.07. The number of carbonyl (C=O) groups is 2. The van der Waals surface area contributed by atoms with E-state index in [1.54, 1.807) is 6.07 Å². The highest BCUT2D eigenvalue weighted by molar-refractivity contribution is 6.00. The van der Waals surface area contributed by atoms with Crippen molar-refractivity contribution in [1.29, 1.82) is 0 Å². The standard InChI is InChI=1S/C26H20FNO4/c1-15-3-7-17(8-4-15)26(18-9-5-16(2)6-10-18)24(31-14-29)22-20-13-19(27)11-12-21(20)28-23(22)25(30)32-26/h3-14,24,28H,1-2H3. The van der Waals surface area contributed by atoms with E-state index in [-0.39, 0.29) is 5.69 Å². The molecule has 1 aliphatic heterocycles. The number of aromatic amines is 1. The Bertz CT molecular complexity index is 1290. The summed E-state index contributed by atoms with van der Waals surface area (Å²) < 4.78 is 26.0. The second-order valence-corrected chi connectivity index (χ2v) is 8.07. The SMILES string of the molecule is Cc1ccc(C2(c3ccc(C)cc3)OC(=O)c3[nH]c4ccc(F)cc4c3C2OC=O)cc1. The molecule has 32 heavy (non-hydrogen) atoms. The molecule has 0 fully saturated rings. The maximum atomic E-state index is 14.2. The number of esters is 1. The van der Waals surface area contributed by atoms with Crippen LogP contribution in [-0.4, -0.2) is 17.4 Å². The molecule has 5 rings (SSSR count). The monoisotopic (exact) mass is 429 g/mol. The van der Waals surface area contributed by atoms with E-state index in [0.29, 0.717) is 34.1 Å². The van der Waals surface area contributed by atoms with Crippen LogP contribution in [0, 0.1) is 19.7 Å². The summed E-state index contributed by atoms with van der Waals surface area (Å²) in [5.41, 5.74) is 2.98. The van der Waals surface area contributed by atoms with E-state index in [0.717, 1.165) is 11.1 Å². The molecular weight excluding hydrogens is 409 g/mol. The Morgan fingerprint density at radius 1 is 0.969 bits per heavy atom. The number of nitrogens with one attached hydrogen (secondary N) is 1. The number of fused-ring (bicyclic) bond motifs is 3. The summed E-state index contributed by atoms with van der Waals surface area (Å²) in [4.78, 5) is 28.0. The zero-order valence-corrected chi connectivity index (χ0v) is 17.5. The van der Waals surface area contributed by atoms with Gasteiger partial charge in [0.25, 0.3) is 6.47 Å². The van der Waals surface area contributed by atoms with Crippen LogP contribution in [0.25, 0.3) is 10.9 Å². The average molecular weight is 429 g/mol. The van der Waals surface area contributed by atoms with Crippen LogP contribution in [0.2, 0.25) is 0 Å². The second kappa shape index (κ2) is 7.34. The third kappa shape index (κ3) is 2.91. The van der Waals surface area contributed by atoms with Crippen LogP contribution in [0.15, 0.2) is 66.7 Å². The van der Waals surface area contributed by atoms with Crippen molar-refractivity contribution < 1.29 is 23.5 Å². The van der Waals surface area contributed by atoms with Crippen molar-refractivity contribution in [3.8, 4) is 0 Å². The Morgan fingerprint density at radius 3 is 2.12 bits per heavy atom. The van der Waals surface area contributed by atoms with Gasteiger partial charge < -0.3 is 14.5 Å². The minimum atomic E-state index is -1.45. The van der Waals surface area contributed by atoms with Gasteiger partial charge in [0.1, 0.15) is 11.5 Å². The minimum absolute atomic E-state index is 0.146. The maximum absolute atomic E-state index is 14.2. The number of ether oxygens (including phenoxy) is 2. The summed E-state index contributed by atoms with van der Waals surface area (Å²) in [6, 6.07) is 19.2. The van der Waals surface area contributed by atoms with Crippen LogP contribution in [0.3, 0.4) is 0 Å². The minimum Gasteiger partial charge on any atom is -0.454 e. The van der Waals surface area contributed by atoms with Crippen LogP contribution in [0.4, 0.5) is 4.39 Å². The fourth-order valence-electron chi connectivity index (χ4n) is 4.48. The largest absolute Gasteiger partial charge is 0.454 e. The van der Waals surface area contributed by atoms with Crippen LogP contribution < -0.4 is 0 Å². The summed E-state index contributed by atoms with van der Waals surface area (Å²) in [6.07, 6.45) is -1.03. The average Bonchev–Trinajstić information content (AvgIpc) is 3.16. The molecule has 0 aliphatic carbocycles. The molecular formula is C26H20FNO4. The first-order chi connectivity index (χ1) is 15.4. The molecule has 3 aromatic carbocycles. The van der Waals surface area contributed by atoms with Crippen LogP contribution in [0.5, 0.6) is 0 Å². The lowest BCUT2D eigenvalue weighted by molar-refractivity contribution is -0.151. The van der Waals surface area contributed by atoms with Crippen LogP contribution >= 0.6 is 0 Å². The molecule has 1 unspecified atom stereocenters. The topological polar surface area (TPSA) is 68.4 Å². The zero-order chi connectivity index (χ0) is 22.5. The number of hydrogen-bond acceptors (Lipinski definition) is 4. The number of cyclic esters (lactones) is 1. The van der Waals surface area contributed by atoms with E-state index < -0.39 is 23.5 Å². The number of H-pyrrole nitrogens is 1. The predicted molar refractivity (Wildman–Crippen MR) is 117 cm³/mol. The molecule has 0 spiro atoms. The summed E-state index contributed by atoms with van der Waals surface area (Å²) in [6.45, 7) is 4.24. The first kappa shape index (κ1) is 20.0. The van der Waals surface area contributed by atoms with E-state index in [1.807, 2.05) is 62.4 Å². The molecule has 1 aliphatic rings. The lowest BCUT2D eigenvalue weighted by Crippen LogP contribution is -2.45. The number of carbonyl (C=O) groups excluding carboxylic acids is 2. The van der Waals surface area contributed by atoms with Gasteiger partial charge in [-0.15, -0.1) is 0 Å². The molecule has 0 saturated carbocycles. The van der Waals surface area contributed by atoms with Crippen molar-refractivity contribution in [1.82, 2.24) is 4.98 Å². The molecule has 5 nitrogen and oxygen atoms in total. The normalized spacial score (nSPS) is 17.0. The van der Waals surface area contributed by atoms with Crippen LogP contribution in [0.1, 0.15) is 44.4 Å². The van der Waals surface area contributed by atoms with E-state index >= 15 is 0 Å². The number of hydrogen-bond donors (Lipinski definition) is 1. The number of benzene rings is 3. The number of rotatable bonds is 4. The molecule has 160 valence electrons. The Morgan fingerprint density at radius 2 is 1.56 bits per heavy atom. The molecule has 0 bridgehead atoms. The van der Waals surface area contributed by atoms with Gasteiger partial charge in [0.05, 0.1) is 0 Å². The lowest BCUT2D eigenvalue weighted by atomic mass is 9.76. The van der Waals surface area contributed by atoms with Gasteiger partial charge in [-0.2, -0.15) is 0 Å². The molecule has 0 radical (unpaired) electrons. The van der Waals surface area contributed by atoms with Crippen molar-refractivity contribution in [2.75, 3.05) is 0 Å². The molecule has 6 heteroatoms. The molecule has 1 aromatic heterocycles. The van der Waals surface area contributed by atoms with Gasteiger partial charge in [-0.05, 0) is 32.0 Å². The van der Waals surface area contributed by atoms with E-state index in [1.165, 1.54) is 12.1 Å². The predicted octanol–water partition coefficient (Wildman–Crippen LogP) is 5.25. The highest BCUT2D eigenvalue weighted by Crippen LogP contribution is 2.52. The highest BCUT2D eigenvalue weighted by atomic mass is 19.1. The molecule has 1 N–H and O–H groups in total. The third-order valence-electron chi connectivity index (χ3n) is 6.04. The Kier molecular flexibility index (Phi) is 4.59. The van der Waals surface area contributed by atoms with E-state index in [2.05, 4.69) is 4.98 Å². The molecule has 4 aromatic rings. The lowest BCUT2D eigenvalue weighted by Gasteiger charge is -2.42. The molecule has 0 saturated heterocycles. The van der Waals surface area contributed by atoms with E-state index in [4.69, 9.17) is 9.47 Å². The summed E-state index contributed by atoms with van der Waals surface area (Å²) in [5.74, 6) is -1.07. The van der Waals surface area contributed by atoms with Gasteiger partial charge in [0, 0.05) is 27.6 Å². The Balaban J connectivity index is 1.87. The Labute approximate surface area is 183 Å². The van der Waals surface area contributed by atoms with Crippen molar-refractivity contribution >= 4 is 23.3 Å². The Hall–Kier alpha value is -3.93. The summed E-state index contributed by atoms with van der Waals surface area (Å²) in [5, 5.41) is 0.465. The van der Waals surface area contributed by atoms with Gasteiger partial charge in [0.15, 0.2) is 6.10 Å². The van der Waals surface area contributed by atoms with Gasteiger partial charge in [-0.25, -0.2) is 9.18 Å². The molecule has 1 atom stereocenters. The molecule has 0 amide bonds. The van der Waals surface area contributed by atoms with Crippen molar-refractivity contribution in [3.63, 3.8) is 0 Å². The van der Waals surface area contributed by atoms with Crippen molar-refractivity contribution in [3.05, 3.63) is 106 Å². The maximum Gasteiger partial charge on any atom is 0.356 e. The van der Waals surface area contributed by atoms with Crippen molar-refractivity contribution in [2.45, 2.75) is 25.6 Å². The fourth-order valence-corrected chi connectivity index (χ4v) is 4.48. The number of aromatic nitrogens is 1. The van der Waals surface area contributed by atoms with Gasteiger partial charge in [-0.1, -0.05) is 59.7 Å². The van der Waals surface area contributed by atoms with Gasteiger partial charge in [-0.3, -0.25) is 4.79 Å². The molecule has 2 heterocycles. The van der Waals surface area contributed by atoms with Crippen LogP contribution in [-0.2, 0) is 19.9 Å². The van der Waals surface area contributed by atoms with Crippen molar-refractivity contribution in [2.24, 2.45) is 0 Å². The fraction of sp³-hybridized carbons (Fsp3) is 0.154. The number of halogens is 1. The van der Waals surface area contributed by atoms with E-state index in [9.17, 15) is 14.0 Å². The quantitative estimate of drug-likeness (QED) is 0.355.